The van der Waals surface area contributed by atoms with E-state index < -0.39 is 0 Å². The molecule has 0 bridgehead atoms. The molecule has 5 rings (SSSR count). The SMILES string of the molecule is CN(C)C1CCN(c2nc(N3CCCCC3)c3cc(Cl)c(Br)c(OC4CC4)c3n2)CC1. The van der Waals surface area contributed by atoms with Gasteiger partial charge < -0.3 is 19.4 Å². The van der Waals surface area contributed by atoms with Gasteiger partial charge in [0, 0.05) is 37.6 Å². The van der Waals surface area contributed by atoms with Gasteiger partial charge in [-0.25, -0.2) is 4.98 Å². The highest BCUT2D eigenvalue weighted by atomic mass is 79.9. The standard InChI is InChI=1S/C23H31BrClN5O/c1-28(2)15-8-12-30(13-9-15)23-26-20-17(22(27-23)29-10-4-3-5-11-29)14-18(25)19(24)21(20)31-16-6-7-16/h14-16H,3-13H2,1-2H3. The third-order valence-electron chi connectivity index (χ3n) is 6.75. The van der Waals surface area contributed by atoms with E-state index in [0.717, 1.165) is 84.8 Å². The summed E-state index contributed by atoms with van der Waals surface area (Å²) in [6.45, 7) is 4.00. The highest BCUT2D eigenvalue weighted by Crippen LogP contribution is 2.44. The van der Waals surface area contributed by atoms with E-state index in [-0.39, 0.29) is 6.10 Å². The molecule has 0 amide bonds. The van der Waals surface area contributed by atoms with E-state index in [1.165, 1.54) is 19.3 Å². The molecular formula is C23H31BrClN5O. The molecule has 1 saturated carbocycles. The zero-order valence-electron chi connectivity index (χ0n) is 18.4. The first-order chi connectivity index (χ1) is 15.0. The minimum absolute atomic E-state index is 0.269. The summed E-state index contributed by atoms with van der Waals surface area (Å²) >= 11 is 10.3. The smallest absolute Gasteiger partial charge is 0.228 e. The van der Waals surface area contributed by atoms with Gasteiger partial charge in [0.05, 0.1) is 15.6 Å². The van der Waals surface area contributed by atoms with Crippen molar-refractivity contribution < 1.29 is 4.74 Å². The van der Waals surface area contributed by atoms with Crippen LogP contribution >= 0.6 is 27.5 Å². The molecule has 0 N–H and O–H groups in total. The number of hydrogen-bond donors (Lipinski definition) is 0. The maximum atomic E-state index is 6.63. The van der Waals surface area contributed by atoms with E-state index in [1.807, 2.05) is 6.07 Å². The van der Waals surface area contributed by atoms with Gasteiger partial charge in [-0.15, -0.1) is 0 Å². The largest absolute Gasteiger partial charge is 0.487 e. The molecule has 0 unspecified atom stereocenters. The van der Waals surface area contributed by atoms with Crippen molar-refractivity contribution in [2.45, 2.75) is 57.1 Å². The number of hydrogen-bond acceptors (Lipinski definition) is 6. The molecule has 0 spiro atoms. The summed E-state index contributed by atoms with van der Waals surface area (Å²) in [4.78, 5) is 17.3. The molecule has 1 aromatic heterocycles. The van der Waals surface area contributed by atoms with Crippen molar-refractivity contribution in [3.63, 3.8) is 0 Å². The van der Waals surface area contributed by atoms with E-state index in [1.54, 1.807) is 0 Å². The fourth-order valence-corrected chi connectivity index (χ4v) is 5.28. The number of anilines is 2. The molecule has 6 nitrogen and oxygen atoms in total. The van der Waals surface area contributed by atoms with Gasteiger partial charge in [-0.05, 0) is 81.0 Å². The predicted molar refractivity (Wildman–Crippen MR) is 131 cm³/mol. The average molecular weight is 509 g/mol. The molecule has 168 valence electrons. The second-order valence-corrected chi connectivity index (χ2v) is 10.5. The number of rotatable bonds is 5. The predicted octanol–water partition coefficient (Wildman–Crippen LogP) is 5.11. The summed E-state index contributed by atoms with van der Waals surface area (Å²) in [5.74, 6) is 2.60. The molecule has 3 fully saturated rings. The maximum absolute atomic E-state index is 6.63. The first kappa shape index (κ1) is 21.5. The van der Waals surface area contributed by atoms with Gasteiger partial charge in [-0.2, -0.15) is 4.98 Å². The van der Waals surface area contributed by atoms with Gasteiger partial charge in [0.25, 0.3) is 0 Å². The number of benzene rings is 1. The summed E-state index contributed by atoms with van der Waals surface area (Å²) < 4.78 is 7.12. The van der Waals surface area contributed by atoms with E-state index in [2.05, 4.69) is 44.7 Å². The Kier molecular flexibility index (Phi) is 6.19. The monoisotopic (exact) mass is 507 g/mol. The van der Waals surface area contributed by atoms with Gasteiger partial charge in [-0.1, -0.05) is 11.6 Å². The van der Waals surface area contributed by atoms with Crippen molar-refractivity contribution in [2.24, 2.45) is 0 Å². The third-order valence-corrected chi connectivity index (χ3v) is 8.06. The lowest BCUT2D eigenvalue weighted by Gasteiger charge is -2.36. The van der Waals surface area contributed by atoms with Crippen LogP contribution < -0.4 is 14.5 Å². The Balaban J connectivity index is 1.59. The fraction of sp³-hybridized carbons (Fsp3) is 0.652. The first-order valence-electron chi connectivity index (χ1n) is 11.5. The molecule has 0 atom stereocenters. The summed E-state index contributed by atoms with van der Waals surface area (Å²) in [7, 11) is 4.34. The zero-order chi connectivity index (χ0) is 21.5. The first-order valence-corrected chi connectivity index (χ1v) is 12.7. The van der Waals surface area contributed by atoms with Crippen LogP contribution in [0.2, 0.25) is 5.02 Å². The molecule has 1 aromatic carbocycles. The average Bonchev–Trinajstić information content (AvgIpc) is 3.61. The maximum Gasteiger partial charge on any atom is 0.228 e. The Hall–Kier alpha value is -1.31. The van der Waals surface area contributed by atoms with E-state index >= 15 is 0 Å². The van der Waals surface area contributed by atoms with Crippen LogP contribution in [0.4, 0.5) is 11.8 Å². The van der Waals surface area contributed by atoms with Crippen LogP contribution in [0.1, 0.15) is 44.9 Å². The number of halogens is 2. The van der Waals surface area contributed by atoms with Crippen LogP contribution in [-0.2, 0) is 0 Å². The van der Waals surface area contributed by atoms with Crippen LogP contribution in [0.25, 0.3) is 10.9 Å². The topological polar surface area (TPSA) is 44.7 Å². The van der Waals surface area contributed by atoms with Crippen molar-refractivity contribution in [3.8, 4) is 5.75 Å². The molecule has 2 saturated heterocycles. The second kappa shape index (κ2) is 8.91. The van der Waals surface area contributed by atoms with Gasteiger partial charge in [0.15, 0.2) is 5.75 Å². The van der Waals surface area contributed by atoms with E-state index in [9.17, 15) is 0 Å². The van der Waals surface area contributed by atoms with Crippen molar-refractivity contribution >= 4 is 50.2 Å². The number of ether oxygens (including phenoxy) is 1. The third kappa shape index (κ3) is 4.46. The molecule has 3 aliphatic rings. The molecule has 2 aromatic rings. The van der Waals surface area contributed by atoms with Crippen LogP contribution in [0, 0.1) is 0 Å². The Morgan fingerprint density at radius 2 is 1.71 bits per heavy atom. The highest BCUT2D eigenvalue weighted by molar-refractivity contribution is 9.10. The minimum Gasteiger partial charge on any atom is -0.487 e. The quantitative estimate of drug-likeness (QED) is 0.559. The molecular weight excluding hydrogens is 478 g/mol. The summed E-state index contributed by atoms with van der Waals surface area (Å²) in [6, 6.07) is 2.63. The van der Waals surface area contributed by atoms with Crippen molar-refractivity contribution in [1.82, 2.24) is 14.9 Å². The molecule has 0 radical (unpaired) electrons. The van der Waals surface area contributed by atoms with Crippen molar-refractivity contribution in [3.05, 3.63) is 15.6 Å². The van der Waals surface area contributed by atoms with Crippen LogP contribution in [0.15, 0.2) is 10.5 Å². The molecule has 1 aliphatic carbocycles. The van der Waals surface area contributed by atoms with Gasteiger partial charge in [0.2, 0.25) is 5.95 Å². The normalized spacial score (nSPS) is 20.7. The molecule has 8 heteroatoms. The van der Waals surface area contributed by atoms with Gasteiger partial charge in [-0.3, -0.25) is 0 Å². The summed E-state index contributed by atoms with van der Waals surface area (Å²) in [5, 5.41) is 1.65. The Morgan fingerprint density at radius 3 is 2.35 bits per heavy atom. The number of nitrogens with zero attached hydrogens (tertiary/aromatic N) is 5. The molecule has 2 aliphatic heterocycles. The lowest BCUT2D eigenvalue weighted by atomic mass is 10.0. The Labute approximate surface area is 198 Å². The van der Waals surface area contributed by atoms with Crippen LogP contribution in [-0.4, -0.2) is 67.3 Å². The number of fused-ring (bicyclic) bond motifs is 1. The number of aromatic nitrogens is 2. The van der Waals surface area contributed by atoms with Crippen LogP contribution in [0.3, 0.4) is 0 Å². The van der Waals surface area contributed by atoms with Crippen molar-refractivity contribution in [1.29, 1.82) is 0 Å². The van der Waals surface area contributed by atoms with E-state index in [0.29, 0.717) is 11.1 Å². The Bertz CT molecular complexity index is 953. The van der Waals surface area contributed by atoms with Gasteiger partial charge >= 0.3 is 0 Å². The minimum atomic E-state index is 0.269. The highest BCUT2D eigenvalue weighted by Gasteiger charge is 2.30. The Morgan fingerprint density at radius 1 is 1.00 bits per heavy atom. The lowest BCUT2D eigenvalue weighted by molar-refractivity contribution is 0.249. The molecule has 31 heavy (non-hydrogen) atoms. The van der Waals surface area contributed by atoms with Crippen molar-refractivity contribution in [2.75, 3.05) is 50.1 Å². The lowest BCUT2D eigenvalue weighted by Crippen LogP contribution is -2.42. The number of piperidine rings is 2. The van der Waals surface area contributed by atoms with Gasteiger partial charge in [0.1, 0.15) is 11.3 Å². The van der Waals surface area contributed by atoms with Crippen LogP contribution in [0.5, 0.6) is 5.75 Å². The summed E-state index contributed by atoms with van der Waals surface area (Å²) in [5.41, 5.74) is 0.878. The molecule has 3 heterocycles. The second-order valence-electron chi connectivity index (χ2n) is 9.29. The fourth-order valence-electron chi connectivity index (χ4n) is 4.69. The van der Waals surface area contributed by atoms with E-state index in [4.69, 9.17) is 26.3 Å². The summed E-state index contributed by atoms with van der Waals surface area (Å²) in [6.07, 6.45) is 8.39. The zero-order valence-corrected chi connectivity index (χ0v) is 20.8.